The number of aromatic nitrogens is 1. The molecule has 0 N–H and O–H groups in total. The number of benzene rings is 2. The molecule has 3 rings (SSSR count). The first-order chi connectivity index (χ1) is 16.6. The van der Waals surface area contributed by atoms with Crippen molar-refractivity contribution in [2.75, 3.05) is 19.1 Å². The van der Waals surface area contributed by atoms with Crippen LogP contribution in [0.2, 0.25) is 5.15 Å². The van der Waals surface area contributed by atoms with Crippen LogP contribution >= 0.6 is 27.5 Å². The summed E-state index contributed by atoms with van der Waals surface area (Å²) in [7, 11) is 3.30. The van der Waals surface area contributed by atoms with Gasteiger partial charge in [0.2, 0.25) is 0 Å². The number of hydrogen-bond donors (Lipinski definition) is 0. The molecule has 0 aliphatic rings. The minimum atomic E-state index is -1.40. The molecule has 0 aliphatic heterocycles. The Morgan fingerprint density at radius 3 is 1.89 bits per heavy atom. The van der Waals surface area contributed by atoms with E-state index in [1.165, 1.54) is 6.21 Å². The van der Waals surface area contributed by atoms with E-state index in [9.17, 15) is 4.55 Å². The maximum Gasteiger partial charge on any atom is 0.144 e. The third-order valence-electron chi connectivity index (χ3n) is 5.14. The molecule has 0 aliphatic carbocycles. The van der Waals surface area contributed by atoms with Crippen molar-refractivity contribution in [2.45, 2.75) is 38.6 Å². The maximum atomic E-state index is 12.3. The van der Waals surface area contributed by atoms with E-state index >= 15 is 0 Å². The molecular weight excluding hydrogens is 550 g/mol. The first-order valence-corrected chi connectivity index (χ1v) is 13.2. The SMILES string of the molecule is COc1ccc(CN(Cc2ccc(OC)cc2)c2cc(Br)c(C=N[S+]([O-])C(C)(C)C)c(Cl)n2)cc1. The van der Waals surface area contributed by atoms with Crippen LogP contribution in [0, 0.1) is 0 Å². The van der Waals surface area contributed by atoms with Gasteiger partial charge in [0.1, 0.15) is 38.6 Å². The Kier molecular flexibility index (Phi) is 9.47. The fourth-order valence-corrected chi connectivity index (χ4v) is 4.50. The Morgan fingerprint density at radius 1 is 1.00 bits per heavy atom. The van der Waals surface area contributed by atoms with Crippen LogP contribution < -0.4 is 14.4 Å². The molecule has 3 aromatic rings. The van der Waals surface area contributed by atoms with Gasteiger partial charge in [-0.1, -0.05) is 40.3 Å². The number of ether oxygens (including phenoxy) is 2. The summed E-state index contributed by atoms with van der Waals surface area (Å²) in [5.41, 5.74) is 2.78. The van der Waals surface area contributed by atoms with E-state index in [4.69, 9.17) is 21.1 Å². The van der Waals surface area contributed by atoms with Gasteiger partial charge in [-0.2, -0.15) is 0 Å². The smallest absolute Gasteiger partial charge is 0.144 e. The number of nitrogens with zero attached hydrogens (tertiary/aromatic N) is 3. The second kappa shape index (κ2) is 12.1. The second-order valence-corrected chi connectivity index (χ2v) is 12.0. The summed E-state index contributed by atoms with van der Waals surface area (Å²) in [5.74, 6) is 2.30. The van der Waals surface area contributed by atoms with Gasteiger partial charge in [0, 0.05) is 23.1 Å². The zero-order valence-electron chi connectivity index (χ0n) is 20.4. The quantitative estimate of drug-likeness (QED) is 0.162. The third kappa shape index (κ3) is 7.61. The fraction of sp³-hybridized carbons (Fsp3) is 0.308. The molecule has 6 nitrogen and oxygen atoms in total. The van der Waals surface area contributed by atoms with E-state index in [-0.39, 0.29) is 5.15 Å². The van der Waals surface area contributed by atoms with E-state index in [2.05, 4.69) is 30.2 Å². The minimum absolute atomic E-state index is 0.276. The van der Waals surface area contributed by atoms with Gasteiger partial charge < -0.3 is 18.9 Å². The maximum absolute atomic E-state index is 12.3. The lowest BCUT2D eigenvalue weighted by Gasteiger charge is -2.25. The number of anilines is 1. The Bertz CT molecular complexity index is 1080. The highest BCUT2D eigenvalue weighted by Crippen LogP contribution is 2.30. The molecule has 1 aromatic heterocycles. The van der Waals surface area contributed by atoms with Crippen LogP contribution in [0.5, 0.6) is 11.5 Å². The Hall–Kier alpha value is -2.26. The molecule has 0 fully saturated rings. The molecule has 35 heavy (non-hydrogen) atoms. The van der Waals surface area contributed by atoms with Crippen LogP contribution in [0.4, 0.5) is 5.82 Å². The van der Waals surface area contributed by atoms with Gasteiger partial charge in [-0.15, -0.1) is 0 Å². The standard InChI is InChI=1S/C26H29BrClN3O3S/c1-26(2,3)35(32)29-15-22-23(27)14-24(30-25(22)28)31(16-18-6-10-20(33-4)11-7-18)17-19-8-12-21(34-5)13-9-19/h6-15H,16-17H2,1-5H3. The summed E-state index contributed by atoms with van der Waals surface area (Å²) in [5, 5.41) is 0.276. The van der Waals surface area contributed by atoms with Crippen molar-refractivity contribution in [2.24, 2.45) is 4.40 Å². The number of pyridine rings is 1. The van der Waals surface area contributed by atoms with Crippen LogP contribution in [-0.2, 0) is 24.5 Å². The summed E-state index contributed by atoms with van der Waals surface area (Å²) >= 11 is 8.78. The van der Waals surface area contributed by atoms with E-state index in [1.54, 1.807) is 14.2 Å². The van der Waals surface area contributed by atoms with Crippen LogP contribution in [0.25, 0.3) is 0 Å². The van der Waals surface area contributed by atoms with E-state index in [0.717, 1.165) is 27.1 Å². The van der Waals surface area contributed by atoms with Crippen molar-refractivity contribution in [1.29, 1.82) is 0 Å². The van der Waals surface area contributed by atoms with Gasteiger partial charge in [0.15, 0.2) is 0 Å². The van der Waals surface area contributed by atoms with Crippen LogP contribution in [0.1, 0.15) is 37.5 Å². The first kappa shape index (κ1) is 27.3. The molecule has 0 spiro atoms. The Balaban J connectivity index is 1.93. The van der Waals surface area contributed by atoms with Gasteiger partial charge in [0.25, 0.3) is 0 Å². The molecular formula is C26H29BrClN3O3S. The highest BCUT2D eigenvalue weighted by molar-refractivity contribution is 9.10. The van der Waals surface area contributed by atoms with Crippen LogP contribution in [-0.4, -0.2) is 34.7 Å². The largest absolute Gasteiger partial charge is 0.591 e. The van der Waals surface area contributed by atoms with Crippen molar-refractivity contribution in [3.05, 3.63) is 80.9 Å². The Labute approximate surface area is 223 Å². The highest BCUT2D eigenvalue weighted by Gasteiger charge is 2.26. The van der Waals surface area contributed by atoms with Crippen LogP contribution in [0.15, 0.2) is 63.5 Å². The van der Waals surface area contributed by atoms with E-state index in [1.807, 2.05) is 75.4 Å². The summed E-state index contributed by atoms with van der Waals surface area (Å²) in [6, 6.07) is 17.8. The average Bonchev–Trinajstić information content (AvgIpc) is 2.83. The lowest BCUT2D eigenvalue weighted by molar-refractivity contribution is 0.414. The lowest BCUT2D eigenvalue weighted by atomic mass is 10.1. The molecule has 1 heterocycles. The highest BCUT2D eigenvalue weighted by atomic mass is 79.9. The molecule has 0 saturated carbocycles. The molecule has 2 aromatic carbocycles. The molecule has 0 radical (unpaired) electrons. The molecule has 1 unspecified atom stereocenters. The third-order valence-corrected chi connectivity index (χ3v) is 7.43. The van der Waals surface area contributed by atoms with Gasteiger partial charge in [-0.3, -0.25) is 0 Å². The van der Waals surface area contributed by atoms with Crippen molar-refractivity contribution < 1.29 is 14.0 Å². The van der Waals surface area contributed by atoms with Gasteiger partial charge >= 0.3 is 0 Å². The Morgan fingerprint density at radius 2 is 1.49 bits per heavy atom. The van der Waals surface area contributed by atoms with Crippen molar-refractivity contribution in [3.63, 3.8) is 0 Å². The van der Waals surface area contributed by atoms with Crippen molar-refractivity contribution in [1.82, 2.24) is 4.98 Å². The topological polar surface area (TPSA) is 70.0 Å². The summed E-state index contributed by atoms with van der Waals surface area (Å²) in [6.07, 6.45) is 1.52. The minimum Gasteiger partial charge on any atom is -0.591 e. The predicted molar refractivity (Wildman–Crippen MR) is 148 cm³/mol. The summed E-state index contributed by atoms with van der Waals surface area (Å²) < 4.78 is 27.4. The van der Waals surface area contributed by atoms with Gasteiger partial charge in [0.05, 0.1) is 20.4 Å². The molecule has 0 bridgehead atoms. The van der Waals surface area contributed by atoms with E-state index in [0.29, 0.717) is 24.5 Å². The predicted octanol–water partition coefficient (Wildman–Crippen LogP) is 6.60. The molecule has 9 heteroatoms. The first-order valence-electron chi connectivity index (χ1n) is 10.9. The zero-order chi connectivity index (χ0) is 25.6. The summed E-state index contributed by atoms with van der Waals surface area (Å²) in [4.78, 5) is 6.79. The second-order valence-electron chi connectivity index (χ2n) is 8.82. The monoisotopic (exact) mass is 577 g/mol. The van der Waals surface area contributed by atoms with Gasteiger partial charge in [-0.25, -0.2) is 4.98 Å². The number of methoxy groups -OCH3 is 2. The normalized spacial score (nSPS) is 12.6. The number of rotatable bonds is 9. The molecule has 0 saturated heterocycles. The molecule has 0 amide bonds. The van der Waals surface area contributed by atoms with Crippen molar-refractivity contribution >= 4 is 50.9 Å². The zero-order valence-corrected chi connectivity index (χ0v) is 23.6. The fourth-order valence-electron chi connectivity index (χ4n) is 3.14. The number of halogens is 2. The molecule has 1 atom stereocenters. The lowest BCUT2D eigenvalue weighted by Crippen LogP contribution is -2.26. The average molecular weight is 579 g/mol. The molecule has 186 valence electrons. The van der Waals surface area contributed by atoms with Crippen LogP contribution in [0.3, 0.4) is 0 Å². The van der Waals surface area contributed by atoms with E-state index < -0.39 is 16.1 Å². The van der Waals surface area contributed by atoms with Gasteiger partial charge in [-0.05, 0) is 78.2 Å². The summed E-state index contributed by atoms with van der Waals surface area (Å²) in [6.45, 7) is 6.82. The van der Waals surface area contributed by atoms with Crippen molar-refractivity contribution in [3.8, 4) is 11.5 Å². The number of hydrogen-bond acceptors (Lipinski definition) is 6.